The minimum absolute atomic E-state index is 0.0147. The van der Waals surface area contributed by atoms with Crippen LogP contribution in [0.4, 0.5) is 0 Å². The molecule has 1 unspecified atom stereocenters. The summed E-state index contributed by atoms with van der Waals surface area (Å²) in [4.78, 5) is 6.92. The lowest BCUT2D eigenvalue weighted by atomic mass is 10.1. The summed E-state index contributed by atoms with van der Waals surface area (Å²) in [5, 5.41) is 13.0. The maximum atomic E-state index is 9.64. The maximum Gasteiger partial charge on any atom is 0.194 e. The number of aliphatic hydroxyl groups excluding tert-OH is 1. The Morgan fingerprint density at radius 3 is 2.83 bits per heavy atom. The van der Waals surface area contributed by atoms with E-state index >= 15 is 0 Å². The van der Waals surface area contributed by atoms with E-state index in [1.807, 2.05) is 25.1 Å². The smallest absolute Gasteiger partial charge is 0.194 e. The largest absolute Gasteiger partial charge is 0.489 e. The Labute approximate surface area is 139 Å². The second-order valence-corrected chi connectivity index (χ2v) is 6.16. The number of aliphatic imine (C=N–C) groups is 1. The number of hydrogen-bond donors (Lipinski definition) is 2. The van der Waals surface area contributed by atoms with Gasteiger partial charge in [-0.2, -0.15) is 0 Å². The van der Waals surface area contributed by atoms with E-state index in [9.17, 15) is 5.11 Å². The van der Waals surface area contributed by atoms with Gasteiger partial charge in [0.15, 0.2) is 5.96 Å². The molecule has 0 saturated carbocycles. The molecule has 0 bridgehead atoms. The van der Waals surface area contributed by atoms with Gasteiger partial charge >= 0.3 is 0 Å². The molecule has 1 fully saturated rings. The number of nitrogens with one attached hydrogen (secondary N) is 1. The minimum atomic E-state index is -0.169. The lowest BCUT2D eigenvalue weighted by Gasteiger charge is -2.32. The van der Waals surface area contributed by atoms with E-state index in [-0.39, 0.29) is 12.2 Å². The van der Waals surface area contributed by atoms with Crippen molar-refractivity contribution in [2.24, 2.45) is 4.99 Å². The van der Waals surface area contributed by atoms with Gasteiger partial charge in [-0.1, -0.05) is 12.1 Å². The second-order valence-electron chi connectivity index (χ2n) is 6.16. The van der Waals surface area contributed by atoms with Crippen molar-refractivity contribution >= 4 is 5.96 Å². The summed E-state index contributed by atoms with van der Waals surface area (Å²) >= 11 is 0. The molecule has 0 radical (unpaired) electrons. The number of rotatable bonds is 5. The van der Waals surface area contributed by atoms with Gasteiger partial charge in [0.05, 0.1) is 12.6 Å². The van der Waals surface area contributed by atoms with E-state index in [0.717, 1.165) is 44.2 Å². The SMILES string of the molecule is CCNC(=NCC(C)Oc1cccc(C)c1)N1CCC(O)CC1. The Morgan fingerprint density at radius 2 is 2.17 bits per heavy atom. The molecule has 0 aromatic heterocycles. The molecule has 0 spiro atoms. The molecule has 23 heavy (non-hydrogen) atoms. The zero-order valence-corrected chi connectivity index (χ0v) is 14.5. The number of guanidine groups is 1. The highest BCUT2D eigenvalue weighted by molar-refractivity contribution is 5.80. The molecule has 1 aromatic carbocycles. The Hall–Kier alpha value is -1.75. The monoisotopic (exact) mass is 319 g/mol. The molecular formula is C18H29N3O2. The predicted octanol–water partition coefficient (Wildman–Crippen LogP) is 2.18. The first-order valence-electron chi connectivity index (χ1n) is 8.53. The van der Waals surface area contributed by atoms with Gasteiger partial charge in [-0.3, -0.25) is 0 Å². The maximum absolute atomic E-state index is 9.64. The fourth-order valence-corrected chi connectivity index (χ4v) is 2.68. The van der Waals surface area contributed by atoms with Crippen LogP contribution in [0.5, 0.6) is 5.75 Å². The molecule has 2 rings (SSSR count). The van der Waals surface area contributed by atoms with E-state index in [1.165, 1.54) is 5.56 Å². The minimum Gasteiger partial charge on any atom is -0.489 e. The number of ether oxygens (including phenoxy) is 1. The molecule has 2 N–H and O–H groups in total. The number of piperidine rings is 1. The van der Waals surface area contributed by atoms with Crippen molar-refractivity contribution in [1.82, 2.24) is 10.2 Å². The van der Waals surface area contributed by atoms with Crippen molar-refractivity contribution in [2.45, 2.75) is 45.8 Å². The van der Waals surface area contributed by atoms with E-state index in [4.69, 9.17) is 9.73 Å². The van der Waals surface area contributed by atoms with Gasteiger partial charge in [0.1, 0.15) is 11.9 Å². The average molecular weight is 319 g/mol. The van der Waals surface area contributed by atoms with Crippen molar-refractivity contribution in [3.63, 3.8) is 0 Å². The van der Waals surface area contributed by atoms with Crippen LogP contribution in [-0.2, 0) is 0 Å². The zero-order chi connectivity index (χ0) is 16.7. The summed E-state index contributed by atoms with van der Waals surface area (Å²) in [6.07, 6.45) is 1.46. The van der Waals surface area contributed by atoms with Crippen molar-refractivity contribution in [3.05, 3.63) is 29.8 Å². The van der Waals surface area contributed by atoms with Crippen LogP contribution in [0.15, 0.2) is 29.3 Å². The number of nitrogens with zero attached hydrogens (tertiary/aromatic N) is 2. The normalized spacial score (nSPS) is 17.9. The first-order valence-corrected chi connectivity index (χ1v) is 8.53. The van der Waals surface area contributed by atoms with Crippen molar-refractivity contribution in [2.75, 3.05) is 26.2 Å². The van der Waals surface area contributed by atoms with Gasteiger partial charge in [-0.15, -0.1) is 0 Å². The summed E-state index contributed by atoms with van der Waals surface area (Å²) in [5.41, 5.74) is 1.19. The first kappa shape index (κ1) is 17.6. The van der Waals surface area contributed by atoms with Crippen LogP contribution in [0.3, 0.4) is 0 Å². The van der Waals surface area contributed by atoms with Crippen molar-refractivity contribution < 1.29 is 9.84 Å². The van der Waals surface area contributed by atoms with Gasteiger partial charge in [-0.05, 0) is 51.3 Å². The van der Waals surface area contributed by atoms with E-state index in [1.54, 1.807) is 0 Å². The number of aliphatic hydroxyl groups is 1. The number of aryl methyl sites for hydroxylation is 1. The van der Waals surface area contributed by atoms with Crippen LogP contribution >= 0.6 is 0 Å². The summed E-state index contributed by atoms with van der Waals surface area (Å²) in [7, 11) is 0. The van der Waals surface area contributed by atoms with Crippen LogP contribution in [0.2, 0.25) is 0 Å². The molecular weight excluding hydrogens is 290 g/mol. The predicted molar refractivity (Wildman–Crippen MR) is 94.1 cm³/mol. The van der Waals surface area contributed by atoms with E-state index < -0.39 is 0 Å². The molecule has 1 aliphatic rings. The molecule has 5 heteroatoms. The van der Waals surface area contributed by atoms with Crippen molar-refractivity contribution in [1.29, 1.82) is 0 Å². The molecule has 1 atom stereocenters. The van der Waals surface area contributed by atoms with Gasteiger partial charge in [0.2, 0.25) is 0 Å². The highest BCUT2D eigenvalue weighted by Crippen LogP contribution is 2.14. The number of likely N-dealkylation sites (tertiary alicyclic amines) is 1. The van der Waals surface area contributed by atoms with Crippen molar-refractivity contribution in [3.8, 4) is 5.75 Å². The Kier molecular flexibility index (Phi) is 6.71. The highest BCUT2D eigenvalue weighted by atomic mass is 16.5. The lowest BCUT2D eigenvalue weighted by molar-refractivity contribution is 0.107. The molecule has 5 nitrogen and oxygen atoms in total. The quantitative estimate of drug-likeness (QED) is 0.645. The average Bonchev–Trinajstić information content (AvgIpc) is 2.52. The molecule has 0 aliphatic carbocycles. The third-order valence-electron chi connectivity index (χ3n) is 3.92. The second kappa shape index (κ2) is 8.77. The summed E-state index contributed by atoms with van der Waals surface area (Å²) in [6.45, 7) is 9.31. The van der Waals surface area contributed by atoms with Crippen LogP contribution < -0.4 is 10.1 Å². The third-order valence-corrected chi connectivity index (χ3v) is 3.92. The molecule has 1 saturated heterocycles. The van der Waals surface area contributed by atoms with Crippen LogP contribution in [0, 0.1) is 6.92 Å². The van der Waals surface area contributed by atoms with Gasteiger partial charge in [0, 0.05) is 19.6 Å². The molecule has 1 aromatic rings. The fourth-order valence-electron chi connectivity index (χ4n) is 2.68. The van der Waals surface area contributed by atoms with Crippen LogP contribution in [0.1, 0.15) is 32.3 Å². The fraction of sp³-hybridized carbons (Fsp3) is 0.611. The zero-order valence-electron chi connectivity index (χ0n) is 14.5. The first-order chi connectivity index (χ1) is 11.1. The van der Waals surface area contributed by atoms with Crippen LogP contribution in [-0.4, -0.2) is 54.4 Å². The van der Waals surface area contributed by atoms with Gasteiger partial charge < -0.3 is 20.1 Å². The van der Waals surface area contributed by atoms with Gasteiger partial charge in [-0.25, -0.2) is 4.99 Å². The Balaban J connectivity index is 1.91. The van der Waals surface area contributed by atoms with Gasteiger partial charge in [0.25, 0.3) is 0 Å². The third kappa shape index (κ3) is 5.75. The number of hydrogen-bond acceptors (Lipinski definition) is 3. The standard InChI is InChI=1S/C18H29N3O2/c1-4-19-18(21-10-8-16(22)9-11-21)20-13-15(3)23-17-7-5-6-14(2)12-17/h5-7,12,15-16,22H,4,8-11,13H2,1-3H3,(H,19,20). The highest BCUT2D eigenvalue weighted by Gasteiger charge is 2.19. The summed E-state index contributed by atoms with van der Waals surface area (Å²) < 4.78 is 5.93. The molecule has 1 aliphatic heterocycles. The Morgan fingerprint density at radius 1 is 1.43 bits per heavy atom. The van der Waals surface area contributed by atoms with E-state index in [0.29, 0.717) is 6.54 Å². The van der Waals surface area contributed by atoms with Crippen LogP contribution in [0.25, 0.3) is 0 Å². The topological polar surface area (TPSA) is 57.1 Å². The number of benzene rings is 1. The molecule has 128 valence electrons. The summed E-state index contributed by atoms with van der Waals surface area (Å²) in [6, 6.07) is 8.08. The Bertz CT molecular complexity index is 511. The molecule has 0 amide bonds. The lowest BCUT2D eigenvalue weighted by Crippen LogP contribution is -2.47. The summed E-state index contributed by atoms with van der Waals surface area (Å²) in [5.74, 6) is 1.80. The molecule has 1 heterocycles. The van der Waals surface area contributed by atoms with E-state index in [2.05, 4.69) is 30.1 Å².